The number of aryl methyl sites for hydroxylation is 1. The number of carbonyl (C=O) groups is 1. The molecule has 1 aliphatic heterocycles. The summed E-state index contributed by atoms with van der Waals surface area (Å²) in [6.07, 6.45) is -3.45. The third-order valence-electron chi connectivity index (χ3n) is 3.80. The van der Waals surface area contributed by atoms with Gasteiger partial charge < -0.3 is 4.74 Å². The molecule has 7 heteroatoms. The molecule has 1 unspecified atom stereocenters. The zero-order chi connectivity index (χ0) is 16.9. The lowest BCUT2D eigenvalue weighted by atomic mass is 10.0. The number of carbonyl (C=O) groups excluding carboxylic acids is 1. The molecule has 1 aromatic carbocycles. The molecule has 1 atom stereocenters. The van der Waals surface area contributed by atoms with Gasteiger partial charge >= 0.3 is 6.18 Å². The second-order valence-corrected chi connectivity index (χ2v) is 5.47. The van der Waals surface area contributed by atoms with E-state index in [2.05, 4.69) is 5.43 Å². The molecule has 1 fully saturated rings. The van der Waals surface area contributed by atoms with Crippen LogP contribution >= 0.6 is 0 Å². The summed E-state index contributed by atoms with van der Waals surface area (Å²) < 4.78 is 45.1. The molecule has 1 N–H and O–H groups in total. The molecule has 1 aromatic rings. The van der Waals surface area contributed by atoms with Gasteiger partial charge in [-0.2, -0.15) is 13.2 Å². The average molecular weight is 330 g/mol. The lowest BCUT2D eigenvalue weighted by Crippen LogP contribution is -2.49. The molecular formula is C16H21F3N2O2. The molecule has 1 aliphatic rings. The lowest BCUT2D eigenvalue weighted by Gasteiger charge is -2.29. The molecule has 2 rings (SSSR count). The molecule has 128 valence electrons. The normalized spacial score (nSPS) is 17.1. The largest absolute Gasteiger partial charge is 0.494 e. The molecule has 0 aromatic heterocycles. The van der Waals surface area contributed by atoms with Crippen LogP contribution in [0.25, 0.3) is 0 Å². The number of alkyl halides is 3. The molecule has 0 spiro atoms. The molecule has 0 saturated carbocycles. The number of benzene rings is 1. The van der Waals surface area contributed by atoms with Crippen molar-refractivity contribution in [3.63, 3.8) is 0 Å². The summed E-state index contributed by atoms with van der Waals surface area (Å²) in [4.78, 5) is 11.2. The van der Waals surface area contributed by atoms with Gasteiger partial charge in [-0.25, -0.2) is 5.01 Å². The fraction of sp³-hybridized carbons (Fsp3) is 0.562. The minimum atomic E-state index is -4.36. The van der Waals surface area contributed by atoms with E-state index in [0.29, 0.717) is 25.2 Å². The Labute approximate surface area is 133 Å². The number of ether oxygens (including phenoxy) is 1. The molecule has 4 nitrogen and oxygen atoms in total. The van der Waals surface area contributed by atoms with E-state index in [0.717, 1.165) is 10.6 Å². The number of hydrogen-bond donors (Lipinski definition) is 1. The van der Waals surface area contributed by atoms with Crippen molar-refractivity contribution in [3.8, 4) is 5.75 Å². The van der Waals surface area contributed by atoms with Crippen molar-refractivity contribution in [3.05, 3.63) is 29.8 Å². The van der Waals surface area contributed by atoms with Gasteiger partial charge in [0.15, 0.2) is 0 Å². The highest BCUT2D eigenvalue weighted by Gasteiger charge is 2.45. The van der Waals surface area contributed by atoms with E-state index in [1.165, 1.54) is 0 Å². The summed E-state index contributed by atoms with van der Waals surface area (Å²) in [6.45, 7) is 2.48. The highest BCUT2D eigenvalue weighted by atomic mass is 19.4. The zero-order valence-electron chi connectivity index (χ0n) is 13.0. The standard InChI is InChI=1S/C16H21F3N2O2/c1-2-23-13-8-4-3-6-12(13)7-5-9-14(16(17,18)19)21-11-10-15(22)20-21/h3-4,6,8,14H,2,5,7,9-11H2,1H3,(H,20,22). The van der Waals surface area contributed by atoms with Gasteiger partial charge in [0.05, 0.1) is 6.61 Å². The van der Waals surface area contributed by atoms with E-state index >= 15 is 0 Å². The third kappa shape index (κ3) is 4.86. The predicted octanol–water partition coefficient (Wildman–Crippen LogP) is 3.08. The lowest BCUT2D eigenvalue weighted by molar-refractivity contribution is -0.190. The molecule has 0 aliphatic carbocycles. The zero-order valence-corrected chi connectivity index (χ0v) is 13.0. The maximum Gasteiger partial charge on any atom is 0.405 e. The van der Waals surface area contributed by atoms with Crippen molar-refractivity contribution < 1.29 is 22.7 Å². The van der Waals surface area contributed by atoms with Gasteiger partial charge in [-0.3, -0.25) is 10.2 Å². The number of para-hydroxylation sites is 1. The van der Waals surface area contributed by atoms with E-state index in [-0.39, 0.29) is 25.3 Å². The average Bonchev–Trinajstić information content (AvgIpc) is 2.90. The van der Waals surface area contributed by atoms with Gasteiger partial charge in [0.25, 0.3) is 0 Å². The first-order valence-electron chi connectivity index (χ1n) is 7.75. The van der Waals surface area contributed by atoms with Gasteiger partial charge in [-0.05, 0) is 37.8 Å². The maximum atomic E-state index is 13.2. The van der Waals surface area contributed by atoms with Gasteiger partial charge in [-0.1, -0.05) is 18.2 Å². The van der Waals surface area contributed by atoms with Crippen molar-refractivity contribution in [1.82, 2.24) is 10.4 Å². The van der Waals surface area contributed by atoms with E-state index in [9.17, 15) is 18.0 Å². The van der Waals surface area contributed by atoms with E-state index < -0.39 is 12.2 Å². The number of hydrogen-bond acceptors (Lipinski definition) is 3. The summed E-state index contributed by atoms with van der Waals surface area (Å²) in [5.74, 6) is 0.356. The van der Waals surface area contributed by atoms with Gasteiger partial charge in [0.1, 0.15) is 11.8 Å². The van der Waals surface area contributed by atoms with Crippen LogP contribution in [0.1, 0.15) is 31.7 Å². The van der Waals surface area contributed by atoms with Crippen LogP contribution in [-0.2, 0) is 11.2 Å². The summed E-state index contributed by atoms with van der Waals surface area (Å²) >= 11 is 0. The van der Waals surface area contributed by atoms with Crippen molar-refractivity contribution in [1.29, 1.82) is 0 Å². The summed E-state index contributed by atoms with van der Waals surface area (Å²) in [7, 11) is 0. The van der Waals surface area contributed by atoms with Crippen molar-refractivity contribution in [2.45, 2.75) is 44.8 Å². The highest BCUT2D eigenvalue weighted by molar-refractivity contribution is 5.77. The molecule has 0 radical (unpaired) electrons. The van der Waals surface area contributed by atoms with Gasteiger partial charge in [0.2, 0.25) is 5.91 Å². The number of halogens is 3. The Hall–Kier alpha value is -1.76. The number of amides is 1. The van der Waals surface area contributed by atoms with Crippen LogP contribution in [0.3, 0.4) is 0 Å². The molecule has 1 heterocycles. The van der Waals surface area contributed by atoms with Crippen molar-refractivity contribution in [2.24, 2.45) is 0 Å². The van der Waals surface area contributed by atoms with Gasteiger partial charge in [0, 0.05) is 13.0 Å². The number of nitrogens with one attached hydrogen (secondary N) is 1. The number of nitrogens with zero attached hydrogens (tertiary/aromatic N) is 1. The summed E-state index contributed by atoms with van der Waals surface area (Å²) in [6, 6.07) is 5.73. The molecule has 1 saturated heterocycles. The quantitative estimate of drug-likeness (QED) is 0.835. The van der Waals surface area contributed by atoms with E-state index in [1.54, 1.807) is 0 Å². The fourth-order valence-electron chi connectivity index (χ4n) is 2.72. The number of rotatable bonds is 7. The molecule has 1 amide bonds. The maximum absolute atomic E-state index is 13.2. The monoisotopic (exact) mass is 330 g/mol. The Morgan fingerprint density at radius 2 is 2.09 bits per heavy atom. The summed E-state index contributed by atoms with van der Waals surface area (Å²) in [5.41, 5.74) is 3.19. The van der Waals surface area contributed by atoms with Crippen molar-refractivity contribution in [2.75, 3.05) is 13.2 Å². The molecular weight excluding hydrogens is 309 g/mol. The summed E-state index contributed by atoms with van der Waals surface area (Å²) in [5, 5.41) is 1.01. The highest BCUT2D eigenvalue weighted by Crippen LogP contribution is 2.30. The smallest absolute Gasteiger partial charge is 0.405 e. The van der Waals surface area contributed by atoms with Crippen LogP contribution in [0.15, 0.2) is 24.3 Å². The Kier molecular flexibility index (Phi) is 5.87. The Bertz CT molecular complexity index is 534. The second kappa shape index (κ2) is 7.68. The van der Waals surface area contributed by atoms with Crippen LogP contribution in [0.4, 0.5) is 13.2 Å². The fourth-order valence-corrected chi connectivity index (χ4v) is 2.72. The minimum absolute atomic E-state index is 0.0652. The number of hydrazine groups is 1. The first-order valence-corrected chi connectivity index (χ1v) is 7.75. The van der Waals surface area contributed by atoms with E-state index in [4.69, 9.17) is 4.74 Å². The van der Waals surface area contributed by atoms with Crippen LogP contribution in [0.5, 0.6) is 5.75 Å². The topological polar surface area (TPSA) is 41.6 Å². The first-order chi connectivity index (χ1) is 10.9. The van der Waals surface area contributed by atoms with E-state index in [1.807, 2.05) is 31.2 Å². The molecule has 23 heavy (non-hydrogen) atoms. The molecule has 0 bridgehead atoms. The minimum Gasteiger partial charge on any atom is -0.494 e. The Morgan fingerprint density at radius 1 is 1.35 bits per heavy atom. The first kappa shape index (κ1) is 17.6. The van der Waals surface area contributed by atoms with Crippen LogP contribution in [-0.4, -0.2) is 36.3 Å². The van der Waals surface area contributed by atoms with Crippen LogP contribution in [0, 0.1) is 0 Å². The van der Waals surface area contributed by atoms with Gasteiger partial charge in [-0.15, -0.1) is 0 Å². The van der Waals surface area contributed by atoms with Crippen molar-refractivity contribution >= 4 is 5.91 Å². The second-order valence-electron chi connectivity index (χ2n) is 5.47. The van der Waals surface area contributed by atoms with Crippen LogP contribution in [0.2, 0.25) is 0 Å². The SMILES string of the molecule is CCOc1ccccc1CCCC(N1CCC(=O)N1)C(F)(F)F. The van der Waals surface area contributed by atoms with Crippen LogP contribution < -0.4 is 10.2 Å². The predicted molar refractivity (Wildman–Crippen MR) is 79.9 cm³/mol. The Balaban J connectivity index is 1.95. The third-order valence-corrected chi connectivity index (χ3v) is 3.80. The Morgan fingerprint density at radius 3 is 2.70 bits per heavy atom.